The zero-order valence-electron chi connectivity index (χ0n) is 11.0. The van der Waals surface area contributed by atoms with Crippen LogP contribution >= 0.6 is 0 Å². The lowest BCUT2D eigenvalue weighted by molar-refractivity contribution is 0.0527. The molecule has 0 aliphatic carbocycles. The van der Waals surface area contributed by atoms with E-state index in [1.807, 2.05) is 11.9 Å². The fourth-order valence-electron chi connectivity index (χ4n) is 1.39. The molecule has 0 aliphatic rings. The first-order valence-corrected chi connectivity index (χ1v) is 5.72. The van der Waals surface area contributed by atoms with Crippen molar-refractivity contribution in [3.8, 4) is 0 Å². The van der Waals surface area contributed by atoms with Gasteiger partial charge in [0, 0.05) is 20.7 Å². The van der Waals surface area contributed by atoms with Crippen LogP contribution in [0.4, 0.5) is 11.5 Å². The molecule has 2 N–H and O–H groups in total. The van der Waals surface area contributed by atoms with E-state index in [2.05, 4.69) is 4.98 Å². The molecule has 0 radical (unpaired) electrons. The standard InChI is InChI=1S/C12H19N3O3/c1-4-18-12(16)9-7-11(14-8-10(9)13)15(2)5-6-17-3/h7-8H,4-6,13H2,1-3H3. The van der Waals surface area contributed by atoms with Gasteiger partial charge < -0.3 is 20.1 Å². The molecule has 0 saturated heterocycles. The van der Waals surface area contributed by atoms with E-state index in [0.29, 0.717) is 36.8 Å². The summed E-state index contributed by atoms with van der Waals surface area (Å²) in [5.74, 6) is 0.225. The summed E-state index contributed by atoms with van der Waals surface area (Å²) in [5.41, 5.74) is 6.37. The SMILES string of the molecule is CCOC(=O)c1cc(N(C)CCOC)ncc1N. The summed E-state index contributed by atoms with van der Waals surface area (Å²) < 4.78 is 9.92. The van der Waals surface area contributed by atoms with Crippen molar-refractivity contribution >= 4 is 17.5 Å². The Morgan fingerprint density at radius 1 is 1.56 bits per heavy atom. The summed E-state index contributed by atoms with van der Waals surface area (Å²) in [6, 6.07) is 1.63. The molecule has 0 unspecified atom stereocenters. The number of rotatable bonds is 6. The number of anilines is 2. The van der Waals surface area contributed by atoms with E-state index in [9.17, 15) is 4.79 Å². The van der Waals surface area contributed by atoms with E-state index in [4.69, 9.17) is 15.2 Å². The lowest BCUT2D eigenvalue weighted by atomic mass is 10.2. The average molecular weight is 253 g/mol. The van der Waals surface area contributed by atoms with Crippen LogP contribution in [0.3, 0.4) is 0 Å². The second-order valence-electron chi connectivity index (χ2n) is 3.76. The quantitative estimate of drug-likeness (QED) is 0.760. The summed E-state index contributed by atoms with van der Waals surface area (Å²) in [4.78, 5) is 17.7. The molecule has 0 aromatic carbocycles. The molecule has 0 saturated carbocycles. The monoisotopic (exact) mass is 253 g/mol. The van der Waals surface area contributed by atoms with E-state index in [0.717, 1.165) is 0 Å². The molecule has 1 aromatic rings. The van der Waals surface area contributed by atoms with Crippen LogP contribution in [0.15, 0.2) is 12.3 Å². The van der Waals surface area contributed by atoms with Crippen LogP contribution in [0.25, 0.3) is 0 Å². The maximum Gasteiger partial charge on any atom is 0.340 e. The van der Waals surface area contributed by atoms with Crippen molar-refractivity contribution in [2.75, 3.05) is 44.5 Å². The molecule has 1 heterocycles. The summed E-state index contributed by atoms with van der Waals surface area (Å²) in [6.07, 6.45) is 1.46. The highest BCUT2D eigenvalue weighted by Crippen LogP contribution is 2.18. The van der Waals surface area contributed by atoms with Crippen LogP contribution in [-0.4, -0.2) is 44.9 Å². The van der Waals surface area contributed by atoms with Gasteiger partial charge in [0.15, 0.2) is 0 Å². The smallest absolute Gasteiger partial charge is 0.340 e. The lowest BCUT2D eigenvalue weighted by Gasteiger charge is -2.18. The van der Waals surface area contributed by atoms with Gasteiger partial charge in [0.2, 0.25) is 0 Å². The first-order valence-electron chi connectivity index (χ1n) is 5.72. The fourth-order valence-corrected chi connectivity index (χ4v) is 1.39. The fraction of sp³-hybridized carbons (Fsp3) is 0.500. The number of likely N-dealkylation sites (N-methyl/N-ethyl adjacent to an activating group) is 1. The van der Waals surface area contributed by atoms with Gasteiger partial charge in [0.25, 0.3) is 0 Å². The Labute approximate surface area is 107 Å². The Hall–Kier alpha value is -1.82. The highest BCUT2D eigenvalue weighted by Gasteiger charge is 2.14. The van der Waals surface area contributed by atoms with Crippen LogP contribution in [0.2, 0.25) is 0 Å². The lowest BCUT2D eigenvalue weighted by Crippen LogP contribution is -2.23. The molecule has 18 heavy (non-hydrogen) atoms. The largest absolute Gasteiger partial charge is 0.462 e. The summed E-state index contributed by atoms with van der Waals surface area (Å²) in [6.45, 7) is 3.32. The van der Waals surface area contributed by atoms with Gasteiger partial charge in [-0.25, -0.2) is 9.78 Å². The number of carbonyl (C=O) groups excluding carboxylic acids is 1. The minimum atomic E-state index is -0.432. The molecule has 0 amide bonds. The number of hydrogen-bond donors (Lipinski definition) is 1. The number of methoxy groups -OCH3 is 1. The van der Waals surface area contributed by atoms with Gasteiger partial charge in [-0.2, -0.15) is 0 Å². The minimum absolute atomic E-state index is 0.315. The Morgan fingerprint density at radius 2 is 2.28 bits per heavy atom. The second-order valence-corrected chi connectivity index (χ2v) is 3.76. The van der Waals surface area contributed by atoms with Crippen molar-refractivity contribution in [3.05, 3.63) is 17.8 Å². The zero-order chi connectivity index (χ0) is 13.5. The maximum absolute atomic E-state index is 11.7. The Morgan fingerprint density at radius 3 is 2.89 bits per heavy atom. The van der Waals surface area contributed by atoms with E-state index < -0.39 is 5.97 Å². The maximum atomic E-state index is 11.7. The normalized spacial score (nSPS) is 10.2. The van der Waals surface area contributed by atoms with Gasteiger partial charge >= 0.3 is 5.97 Å². The predicted molar refractivity (Wildman–Crippen MR) is 69.8 cm³/mol. The summed E-state index contributed by atoms with van der Waals surface area (Å²) >= 11 is 0. The van der Waals surface area contributed by atoms with Crippen LogP contribution in [0.1, 0.15) is 17.3 Å². The number of nitrogen functional groups attached to an aromatic ring is 1. The van der Waals surface area contributed by atoms with Gasteiger partial charge in [-0.05, 0) is 13.0 Å². The molecule has 0 bridgehead atoms. The molecule has 1 aromatic heterocycles. The van der Waals surface area contributed by atoms with Gasteiger partial charge in [0.05, 0.1) is 30.7 Å². The third kappa shape index (κ3) is 3.59. The predicted octanol–water partition coefficient (Wildman–Crippen LogP) is 0.923. The van der Waals surface area contributed by atoms with Gasteiger partial charge in [-0.1, -0.05) is 0 Å². The first-order chi connectivity index (χ1) is 8.60. The van der Waals surface area contributed by atoms with Crippen molar-refractivity contribution in [2.24, 2.45) is 0 Å². The number of nitrogens with two attached hydrogens (primary N) is 1. The van der Waals surface area contributed by atoms with Crippen molar-refractivity contribution < 1.29 is 14.3 Å². The van der Waals surface area contributed by atoms with Crippen LogP contribution in [0.5, 0.6) is 0 Å². The molecule has 0 spiro atoms. The van der Waals surface area contributed by atoms with Crippen LogP contribution in [-0.2, 0) is 9.47 Å². The van der Waals surface area contributed by atoms with Crippen molar-refractivity contribution in [1.29, 1.82) is 0 Å². The highest BCUT2D eigenvalue weighted by atomic mass is 16.5. The molecule has 6 heteroatoms. The van der Waals surface area contributed by atoms with Gasteiger partial charge in [0.1, 0.15) is 5.82 Å². The van der Waals surface area contributed by atoms with Crippen LogP contribution < -0.4 is 10.6 Å². The van der Waals surface area contributed by atoms with E-state index in [1.165, 1.54) is 6.20 Å². The van der Waals surface area contributed by atoms with Crippen molar-refractivity contribution in [2.45, 2.75) is 6.92 Å². The molecule has 1 rings (SSSR count). The first kappa shape index (κ1) is 14.2. The van der Waals surface area contributed by atoms with E-state index >= 15 is 0 Å². The third-order valence-corrected chi connectivity index (χ3v) is 2.44. The molecule has 0 aliphatic heterocycles. The molecule has 0 fully saturated rings. The number of esters is 1. The zero-order valence-corrected chi connectivity index (χ0v) is 11.0. The van der Waals surface area contributed by atoms with E-state index in [-0.39, 0.29) is 0 Å². The van der Waals surface area contributed by atoms with Crippen molar-refractivity contribution in [1.82, 2.24) is 4.98 Å². The minimum Gasteiger partial charge on any atom is -0.462 e. The average Bonchev–Trinajstić information content (AvgIpc) is 2.36. The summed E-state index contributed by atoms with van der Waals surface area (Å²) in [7, 11) is 3.50. The molecule has 0 atom stereocenters. The van der Waals surface area contributed by atoms with E-state index in [1.54, 1.807) is 20.1 Å². The number of pyridine rings is 1. The Kier molecular flexibility index (Phi) is 5.38. The summed E-state index contributed by atoms with van der Waals surface area (Å²) in [5, 5.41) is 0. The number of ether oxygens (including phenoxy) is 2. The number of nitrogens with zero attached hydrogens (tertiary/aromatic N) is 2. The Balaban J connectivity index is 2.89. The third-order valence-electron chi connectivity index (χ3n) is 2.44. The van der Waals surface area contributed by atoms with Gasteiger partial charge in [-0.3, -0.25) is 0 Å². The molecule has 100 valence electrons. The second kappa shape index (κ2) is 6.80. The molecular weight excluding hydrogens is 234 g/mol. The van der Waals surface area contributed by atoms with Crippen molar-refractivity contribution in [3.63, 3.8) is 0 Å². The number of carbonyl (C=O) groups is 1. The molecule has 6 nitrogen and oxygen atoms in total. The van der Waals surface area contributed by atoms with Gasteiger partial charge in [-0.15, -0.1) is 0 Å². The highest BCUT2D eigenvalue weighted by molar-refractivity contribution is 5.95. The number of hydrogen-bond acceptors (Lipinski definition) is 6. The molecular formula is C12H19N3O3. The Bertz CT molecular complexity index is 410. The topological polar surface area (TPSA) is 77.7 Å². The van der Waals surface area contributed by atoms with Crippen LogP contribution in [0, 0.1) is 0 Å². The number of aromatic nitrogens is 1.